The number of aromatic amines is 1. The van der Waals surface area contributed by atoms with Crippen molar-refractivity contribution < 1.29 is 14.3 Å². The van der Waals surface area contributed by atoms with Gasteiger partial charge in [0.25, 0.3) is 17.4 Å². The van der Waals surface area contributed by atoms with Gasteiger partial charge < -0.3 is 31.0 Å². The molecule has 0 unspecified atom stereocenters. The summed E-state index contributed by atoms with van der Waals surface area (Å²) < 4.78 is 5.32. The Hall–Kier alpha value is -5.10. The lowest BCUT2D eigenvalue weighted by molar-refractivity contribution is 0.0303. The summed E-state index contributed by atoms with van der Waals surface area (Å²) in [5.41, 5.74) is 9.09. The van der Waals surface area contributed by atoms with Crippen LogP contribution in [0.25, 0.3) is 11.4 Å². The third kappa shape index (κ3) is 6.70. The SMILES string of the molecule is Cc1c(NC(=O)c2ccc(C(C)(C)C)[nH]c2=O)cccc1-c1nc(N)nc(Nc2ccc(C(=O)N3CCOCC3)cc2)n1. The van der Waals surface area contributed by atoms with E-state index in [1.807, 2.05) is 27.7 Å². The molecule has 1 saturated heterocycles. The molecule has 0 atom stereocenters. The number of H-pyrrole nitrogens is 1. The molecular formula is C31H34N8O4. The number of nitrogen functional groups attached to an aromatic ring is 1. The highest BCUT2D eigenvalue weighted by Crippen LogP contribution is 2.28. The topological polar surface area (TPSA) is 168 Å². The summed E-state index contributed by atoms with van der Waals surface area (Å²) in [7, 11) is 0. The summed E-state index contributed by atoms with van der Waals surface area (Å²) in [5.74, 6) is -0.0550. The Bertz CT molecular complexity index is 1720. The van der Waals surface area contributed by atoms with Crippen LogP contribution in [0.5, 0.6) is 0 Å². The molecule has 0 spiro atoms. The van der Waals surface area contributed by atoms with Crippen LogP contribution in [0.4, 0.5) is 23.3 Å². The Morgan fingerprint density at radius 3 is 2.37 bits per heavy atom. The van der Waals surface area contributed by atoms with Crippen molar-refractivity contribution in [3.8, 4) is 11.4 Å². The number of nitrogens with two attached hydrogens (primary N) is 1. The molecule has 1 aliphatic heterocycles. The number of nitrogens with zero attached hydrogens (tertiary/aromatic N) is 4. The first-order chi connectivity index (χ1) is 20.5. The Morgan fingerprint density at radius 2 is 1.70 bits per heavy atom. The number of morpholine rings is 1. The quantitative estimate of drug-likeness (QED) is 0.264. The number of hydrogen-bond donors (Lipinski definition) is 4. The van der Waals surface area contributed by atoms with Gasteiger partial charge in [0, 0.05) is 46.7 Å². The average molecular weight is 583 g/mol. The number of carbonyl (C=O) groups excluding carboxylic acids is 2. The van der Waals surface area contributed by atoms with E-state index in [2.05, 4.69) is 30.6 Å². The summed E-state index contributed by atoms with van der Waals surface area (Å²) >= 11 is 0. The first-order valence-corrected chi connectivity index (χ1v) is 13.9. The Labute approximate surface area is 248 Å². The molecule has 12 nitrogen and oxygen atoms in total. The van der Waals surface area contributed by atoms with Gasteiger partial charge in [0.2, 0.25) is 11.9 Å². The van der Waals surface area contributed by atoms with E-state index >= 15 is 0 Å². The molecule has 0 bridgehead atoms. The van der Waals surface area contributed by atoms with E-state index in [1.54, 1.807) is 53.4 Å². The van der Waals surface area contributed by atoms with Gasteiger partial charge in [0.05, 0.1) is 13.2 Å². The highest BCUT2D eigenvalue weighted by molar-refractivity contribution is 6.04. The molecule has 5 N–H and O–H groups in total. The average Bonchev–Trinajstić information content (AvgIpc) is 2.98. The van der Waals surface area contributed by atoms with Crippen LogP contribution in [0.2, 0.25) is 0 Å². The summed E-state index contributed by atoms with van der Waals surface area (Å²) in [5, 5.41) is 5.94. The molecule has 2 amide bonds. The van der Waals surface area contributed by atoms with Gasteiger partial charge in [-0.25, -0.2) is 0 Å². The maximum atomic E-state index is 13.0. The second-order valence-electron chi connectivity index (χ2n) is 11.2. The van der Waals surface area contributed by atoms with E-state index in [0.29, 0.717) is 60.2 Å². The van der Waals surface area contributed by atoms with Gasteiger partial charge in [-0.1, -0.05) is 32.9 Å². The first-order valence-electron chi connectivity index (χ1n) is 13.9. The number of nitrogens with one attached hydrogen (secondary N) is 3. The molecule has 43 heavy (non-hydrogen) atoms. The van der Waals surface area contributed by atoms with Crippen molar-refractivity contribution in [1.82, 2.24) is 24.8 Å². The fraction of sp³-hybridized carbons (Fsp3) is 0.290. The molecule has 5 rings (SSSR count). The summed E-state index contributed by atoms with van der Waals surface area (Å²) in [6, 6.07) is 15.6. The molecule has 1 aliphatic rings. The van der Waals surface area contributed by atoms with Crippen molar-refractivity contribution >= 4 is 35.1 Å². The molecule has 4 aromatic rings. The normalized spacial score (nSPS) is 13.4. The molecule has 3 heterocycles. The maximum Gasteiger partial charge on any atom is 0.261 e. The van der Waals surface area contributed by atoms with Gasteiger partial charge in [0.1, 0.15) is 5.56 Å². The Balaban J connectivity index is 1.34. The van der Waals surface area contributed by atoms with Crippen LogP contribution in [-0.4, -0.2) is 63.0 Å². The van der Waals surface area contributed by atoms with E-state index in [1.165, 1.54) is 6.07 Å². The minimum atomic E-state index is -0.532. The van der Waals surface area contributed by atoms with Crippen LogP contribution in [-0.2, 0) is 10.2 Å². The fourth-order valence-corrected chi connectivity index (χ4v) is 4.64. The predicted octanol–water partition coefficient (Wildman–Crippen LogP) is 3.88. The van der Waals surface area contributed by atoms with Crippen molar-refractivity contribution in [2.75, 3.05) is 42.7 Å². The number of anilines is 4. The number of pyridine rings is 1. The summed E-state index contributed by atoms with van der Waals surface area (Å²) in [6.07, 6.45) is 0. The largest absolute Gasteiger partial charge is 0.378 e. The zero-order valence-electron chi connectivity index (χ0n) is 24.5. The second-order valence-corrected chi connectivity index (χ2v) is 11.2. The summed E-state index contributed by atoms with van der Waals surface area (Å²) in [6.45, 7) is 9.96. The lowest BCUT2D eigenvalue weighted by Gasteiger charge is -2.26. The van der Waals surface area contributed by atoms with Gasteiger partial charge in [-0.15, -0.1) is 0 Å². The van der Waals surface area contributed by atoms with Crippen molar-refractivity contribution in [3.63, 3.8) is 0 Å². The standard InChI is InChI=1S/C31H34N8O4/c1-18-21(6-5-7-23(18)34-26(40)22-12-13-24(31(2,3)4)35-27(22)41)25-36-29(32)38-30(37-25)33-20-10-8-19(9-11-20)28(42)39-14-16-43-17-15-39/h5-13H,14-17H2,1-4H3,(H,34,40)(H,35,41)(H3,32,33,36,37,38). The highest BCUT2D eigenvalue weighted by Gasteiger charge is 2.20. The lowest BCUT2D eigenvalue weighted by Crippen LogP contribution is -2.40. The van der Waals surface area contributed by atoms with E-state index in [9.17, 15) is 14.4 Å². The molecule has 1 fully saturated rings. The van der Waals surface area contributed by atoms with Crippen molar-refractivity contribution in [3.05, 3.63) is 87.3 Å². The fourth-order valence-electron chi connectivity index (χ4n) is 4.64. The van der Waals surface area contributed by atoms with Gasteiger partial charge in [-0.2, -0.15) is 15.0 Å². The number of ether oxygens (including phenoxy) is 1. The summed E-state index contributed by atoms with van der Waals surface area (Å²) in [4.78, 5) is 56.1. The van der Waals surface area contributed by atoms with Crippen molar-refractivity contribution in [1.29, 1.82) is 0 Å². The Kier molecular flexibility index (Phi) is 8.22. The Morgan fingerprint density at radius 1 is 0.977 bits per heavy atom. The number of rotatable bonds is 6. The number of hydrogen-bond acceptors (Lipinski definition) is 9. The second kappa shape index (κ2) is 12.0. The van der Waals surface area contributed by atoms with Crippen LogP contribution >= 0.6 is 0 Å². The smallest absolute Gasteiger partial charge is 0.261 e. The molecule has 2 aromatic heterocycles. The number of amides is 2. The van der Waals surface area contributed by atoms with Crippen LogP contribution in [0.1, 0.15) is 52.7 Å². The van der Waals surface area contributed by atoms with E-state index < -0.39 is 11.5 Å². The van der Waals surface area contributed by atoms with Crippen LogP contribution in [0.15, 0.2) is 59.4 Å². The maximum absolute atomic E-state index is 13.0. The van der Waals surface area contributed by atoms with Gasteiger partial charge >= 0.3 is 0 Å². The molecular weight excluding hydrogens is 548 g/mol. The van der Waals surface area contributed by atoms with Gasteiger partial charge in [-0.3, -0.25) is 14.4 Å². The van der Waals surface area contributed by atoms with Crippen molar-refractivity contribution in [2.45, 2.75) is 33.1 Å². The molecule has 12 heteroatoms. The molecule has 222 valence electrons. The first kappa shape index (κ1) is 29.4. The zero-order valence-corrected chi connectivity index (χ0v) is 24.5. The highest BCUT2D eigenvalue weighted by atomic mass is 16.5. The van der Waals surface area contributed by atoms with E-state index in [0.717, 1.165) is 5.69 Å². The number of benzene rings is 2. The minimum absolute atomic E-state index is 0.00549. The molecule has 0 radical (unpaired) electrons. The lowest BCUT2D eigenvalue weighted by atomic mass is 9.91. The van der Waals surface area contributed by atoms with E-state index in [-0.39, 0.29) is 28.8 Å². The number of carbonyl (C=O) groups is 2. The predicted molar refractivity (Wildman–Crippen MR) is 165 cm³/mol. The third-order valence-corrected chi connectivity index (χ3v) is 7.12. The van der Waals surface area contributed by atoms with Crippen molar-refractivity contribution in [2.24, 2.45) is 0 Å². The van der Waals surface area contributed by atoms with Crippen LogP contribution in [0.3, 0.4) is 0 Å². The third-order valence-electron chi connectivity index (χ3n) is 7.12. The molecule has 0 saturated carbocycles. The zero-order chi connectivity index (χ0) is 30.7. The molecule has 2 aromatic carbocycles. The van der Waals surface area contributed by atoms with E-state index in [4.69, 9.17) is 10.5 Å². The monoisotopic (exact) mass is 582 g/mol. The molecule has 0 aliphatic carbocycles. The van der Waals surface area contributed by atoms with Crippen LogP contribution < -0.4 is 21.9 Å². The van der Waals surface area contributed by atoms with Crippen LogP contribution in [0, 0.1) is 6.92 Å². The number of aromatic nitrogens is 4. The van der Waals surface area contributed by atoms with Gasteiger partial charge in [-0.05, 0) is 55.0 Å². The van der Waals surface area contributed by atoms with Gasteiger partial charge in [0.15, 0.2) is 5.82 Å². The minimum Gasteiger partial charge on any atom is -0.378 e.